The second-order valence-electron chi connectivity index (χ2n) is 3.41. The molecule has 0 bridgehead atoms. The first-order chi connectivity index (χ1) is 7.61. The molecule has 0 saturated heterocycles. The first-order valence-corrected chi connectivity index (χ1v) is 5.55. The van der Waals surface area contributed by atoms with E-state index in [4.69, 9.17) is 4.74 Å². The van der Waals surface area contributed by atoms with Gasteiger partial charge in [-0.3, -0.25) is 0 Å². The van der Waals surface area contributed by atoms with Crippen LogP contribution in [0.2, 0.25) is 0 Å². The maximum absolute atomic E-state index is 13.2. The highest BCUT2D eigenvalue weighted by molar-refractivity contribution is 9.10. The first-order valence-electron chi connectivity index (χ1n) is 4.75. The van der Waals surface area contributed by atoms with Gasteiger partial charge in [-0.2, -0.15) is 0 Å². The lowest BCUT2D eigenvalue weighted by Gasteiger charge is -2.14. The van der Waals surface area contributed by atoms with E-state index in [1.807, 2.05) is 0 Å². The molecule has 1 unspecified atom stereocenters. The summed E-state index contributed by atoms with van der Waals surface area (Å²) in [6.45, 7) is 0.508. The zero-order valence-electron chi connectivity index (χ0n) is 8.21. The summed E-state index contributed by atoms with van der Waals surface area (Å²) in [7, 11) is 0. The Hall–Kier alpha value is -0.940. The second-order valence-corrected chi connectivity index (χ2v) is 4.20. The SMILES string of the molecule is OC(C1=CCCO1)c1ccc(F)c(F)c1Br. The monoisotopic (exact) mass is 290 g/mol. The van der Waals surface area contributed by atoms with E-state index in [2.05, 4.69) is 15.9 Å². The normalized spacial score (nSPS) is 16.9. The third kappa shape index (κ3) is 1.97. The summed E-state index contributed by atoms with van der Waals surface area (Å²) >= 11 is 2.92. The van der Waals surface area contributed by atoms with Crippen molar-refractivity contribution in [1.82, 2.24) is 0 Å². The number of halogens is 3. The lowest BCUT2D eigenvalue weighted by molar-refractivity contribution is 0.118. The Morgan fingerprint density at radius 1 is 1.38 bits per heavy atom. The highest BCUT2D eigenvalue weighted by atomic mass is 79.9. The van der Waals surface area contributed by atoms with Gasteiger partial charge in [0.2, 0.25) is 0 Å². The van der Waals surface area contributed by atoms with Gasteiger partial charge in [0.05, 0.1) is 11.1 Å². The zero-order valence-corrected chi connectivity index (χ0v) is 9.80. The molecule has 86 valence electrons. The van der Waals surface area contributed by atoms with E-state index in [1.54, 1.807) is 6.08 Å². The average molecular weight is 291 g/mol. The van der Waals surface area contributed by atoms with Crippen LogP contribution < -0.4 is 0 Å². The predicted molar refractivity (Wildman–Crippen MR) is 57.7 cm³/mol. The molecule has 0 saturated carbocycles. The van der Waals surface area contributed by atoms with Crippen molar-refractivity contribution in [3.8, 4) is 0 Å². The zero-order chi connectivity index (χ0) is 11.7. The van der Waals surface area contributed by atoms with Crippen LogP contribution in [-0.4, -0.2) is 11.7 Å². The number of rotatable bonds is 2. The van der Waals surface area contributed by atoms with Gasteiger partial charge in [0.15, 0.2) is 11.6 Å². The highest BCUT2D eigenvalue weighted by Gasteiger charge is 2.23. The number of hydrogen-bond acceptors (Lipinski definition) is 2. The van der Waals surface area contributed by atoms with Crippen molar-refractivity contribution < 1.29 is 18.6 Å². The Labute approximate surface area is 99.7 Å². The number of aliphatic hydroxyl groups is 1. The van der Waals surface area contributed by atoms with Gasteiger partial charge in [-0.15, -0.1) is 0 Å². The first kappa shape index (κ1) is 11.5. The molecule has 5 heteroatoms. The predicted octanol–water partition coefficient (Wildman–Crippen LogP) is 3.06. The largest absolute Gasteiger partial charge is 0.495 e. The lowest BCUT2D eigenvalue weighted by Crippen LogP contribution is -2.05. The fraction of sp³-hybridized carbons (Fsp3) is 0.273. The molecule has 0 aliphatic carbocycles. The van der Waals surface area contributed by atoms with E-state index in [9.17, 15) is 13.9 Å². The number of hydrogen-bond donors (Lipinski definition) is 1. The molecule has 0 aromatic heterocycles. The van der Waals surface area contributed by atoms with E-state index < -0.39 is 17.7 Å². The fourth-order valence-electron chi connectivity index (χ4n) is 1.53. The van der Waals surface area contributed by atoms with Gasteiger partial charge in [-0.1, -0.05) is 6.07 Å². The quantitative estimate of drug-likeness (QED) is 0.849. The van der Waals surface area contributed by atoms with Crippen molar-refractivity contribution in [3.05, 3.63) is 45.6 Å². The Balaban J connectivity index is 2.37. The molecular formula is C11H9BrF2O2. The molecule has 0 fully saturated rings. The van der Waals surface area contributed by atoms with Gasteiger partial charge in [-0.05, 0) is 28.1 Å². The van der Waals surface area contributed by atoms with Crippen LogP contribution in [0.3, 0.4) is 0 Å². The molecule has 1 N–H and O–H groups in total. The van der Waals surface area contributed by atoms with Crippen molar-refractivity contribution >= 4 is 15.9 Å². The smallest absolute Gasteiger partial charge is 0.173 e. The summed E-state index contributed by atoms with van der Waals surface area (Å²) in [5, 5.41) is 9.90. The minimum atomic E-state index is -1.06. The molecule has 1 aliphatic rings. The Bertz CT molecular complexity index is 446. The van der Waals surface area contributed by atoms with Gasteiger partial charge in [-0.25, -0.2) is 8.78 Å². The molecule has 1 aliphatic heterocycles. The maximum atomic E-state index is 13.2. The lowest BCUT2D eigenvalue weighted by atomic mass is 10.1. The highest BCUT2D eigenvalue weighted by Crippen LogP contribution is 2.33. The average Bonchev–Trinajstić information content (AvgIpc) is 2.79. The minimum absolute atomic E-state index is 0.0728. The molecule has 0 spiro atoms. The van der Waals surface area contributed by atoms with E-state index in [0.717, 1.165) is 6.07 Å². The van der Waals surface area contributed by atoms with Gasteiger partial charge >= 0.3 is 0 Å². The molecule has 16 heavy (non-hydrogen) atoms. The van der Waals surface area contributed by atoms with E-state index in [0.29, 0.717) is 18.8 Å². The van der Waals surface area contributed by atoms with Gasteiger partial charge in [0, 0.05) is 12.0 Å². The molecule has 1 atom stereocenters. The number of benzene rings is 1. The summed E-state index contributed by atoms with van der Waals surface area (Å²) in [5.74, 6) is -1.58. The third-order valence-electron chi connectivity index (χ3n) is 2.36. The topological polar surface area (TPSA) is 29.5 Å². The van der Waals surface area contributed by atoms with Crippen LogP contribution in [0.5, 0.6) is 0 Å². The molecule has 1 heterocycles. The minimum Gasteiger partial charge on any atom is -0.495 e. The van der Waals surface area contributed by atoms with Crippen molar-refractivity contribution in [2.45, 2.75) is 12.5 Å². The van der Waals surface area contributed by atoms with E-state index in [1.165, 1.54) is 6.07 Å². The molecule has 2 nitrogen and oxygen atoms in total. The molecule has 2 rings (SSSR count). The molecule has 0 radical (unpaired) electrons. The fourth-order valence-corrected chi connectivity index (χ4v) is 2.07. The maximum Gasteiger partial charge on any atom is 0.173 e. The summed E-state index contributed by atoms with van der Waals surface area (Å²) in [6, 6.07) is 2.31. The van der Waals surface area contributed by atoms with Gasteiger partial charge in [0.1, 0.15) is 11.9 Å². The van der Waals surface area contributed by atoms with Crippen molar-refractivity contribution in [2.75, 3.05) is 6.61 Å². The van der Waals surface area contributed by atoms with Crippen molar-refractivity contribution in [1.29, 1.82) is 0 Å². The number of aliphatic hydroxyl groups excluding tert-OH is 1. The van der Waals surface area contributed by atoms with Crippen molar-refractivity contribution in [3.63, 3.8) is 0 Å². The molecule has 1 aromatic carbocycles. The van der Waals surface area contributed by atoms with Crippen LogP contribution in [0.4, 0.5) is 8.78 Å². The van der Waals surface area contributed by atoms with Gasteiger partial charge in [0.25, 0.3) is 0 Å². The van der Waals surface area contributed by atoms with E-state index in [-0.39, 0.29) is 10.0 Å². The molecule has 1 aromatic rings. The third-order valence-corrected chi connectivity index (χ3v) is 3.17. The van der Waals surface area contributed by atoms with Crippen LogP contribution >= 0.6 is 15.9 Å². The summed E-state index contributed by atoms with van der Waals surface area (Å²) < 4.78 is 31.2. The molecule has 0 amide bonds. The van der Waals surface area contributed by atoms with Crippen LogP contribution in [0.15, 0.2) is 28.4 Å². The Morgan fingerprint density at radius 2 is 2.12 bits per heavy atom. The Morgan fingerprint density at radius 3 is 2.75 bits per heavy atom. The standard InChI is InChI=1S/C11H9BrF2O2/c12-9-6(3-4-7(13)10(9)14)11(15)8-2-1-5-16-8/h2-4,11,15H,1,5H2. The van der Waals surface area contributed by atoms with Crippen molar-refractivity contribution in [2.24, 2.45) is 0 Å². The molecular weight excluding hydrogens is 282 g/mol. The summed E-state index contributed by atoms with van der Waals surface area (Å²) in [6.07, 6.45) is 1.39. The second kappa shape index (κ2) is 4.51. The van der Waals surface area contributed by atoms with E-state index >= 15 is 0 Å². The van der Waals surface area contributed by atoms with Crippen LogP contribution in [0, 0.1) is 11.6 Å². The Kier molecular flexibility index (Phi) is 3.25. The van der Waals surface area contributed by atoms with Gasteiger partial charge < -0.3 is 9.84 Å². The van der Waals surface area contributed by atoms with Crippen LogP contribution in [0.1, 0.15) is 18.1 Å². The van der Waals surface area contributed by atoms with Crippen LogP contribution in [-0.2, 0) is 4.74 Å². The van der Waals surface area contributed by atoms with Crippen LogP contribution in [0.25, 0.3) is 0 Å². The number of ether oxygens (including phenoxy) is 1. The summed E-state index contributed by atoms with van der Waals surface area (Å²) in [4.78, 5) is 0. The summed E-state index contributed by atoms with van der Waals surface area (Å²) in [5.41, 5.74) is 0.257.